The van der Waals surface area contributed by atoms with E-state index in [-0.39, 0.29) is 18.4 Å². The number of fused-ring (bicyclic) bond motifs is 3. The van der Waals surface area contributed by atoms with Gasteiger partial charge in [-0.15, -0.1) is 0 Å². The first-order valence-electron chi connectivity index (χ1n) is 6.36. The fourth-order valence-electron chi connectivity index (χ4n) is 2.85. The topological polar surface area (TPSA) is 19.0 Å². The van der Waals surface area contributed by atoms with Gasteiger partial charge in [0.05, 0.1) is 6.54 Å². The summed E-state index contributed by atoms with van der Waals surface area (Å²) in [6.45, 7) is 2.19. The quantitative estimate of drug-likeness (QED) is 0.885. The van der Waals surface area contributed by atoms with E-state index in [4.69, 9.17) is 0 Å². The lowest BCUT2D eigenvalue weighted by Crippen LogP contribution is -2.40. The molecule has 0 unspecified atom stereocenters. The molecule has 3 rings (SSSR count). The van der Waals surface area contributed by atoms with E-state index >= 15 is 0 Å². The fourth-order valence-corrected chi connectivity index (χ4v) is 2.85. The zero-order valence-electron chi connectivity index (χ0n) is 10.6. The van der Waals surface area contributed by atoms with E-state index in [0.29, 0.717) is 13.0 Å². The highest BCUT2D eigenvalue weighted by molar-refractivity contribution is 5.85. The van der Waals surface area contributed by atoms with Crippen LogP contribution >= 0.6 is 0 Å². The van der Waals surface area contributed by atoms with Crippen LogP contribution in [0.15, 0.2) is 18.2 Å². The van der Waals surface area contributed by atoms with Crippen LogP contribution in [0.5, 0.6) is 0 Å². The Morgan fingerprint density at radius 2 is 2.21 bits per heavy atom. The highest BCUT2D eigenvalue weighted by atomic mass is 19.3. The summed E-state index contributed by atoms with van der Waals surface area (Å²) in [6.07, 6.45) is -1.66. The third-order valence-corrected chi connectivity index (χ3v) is 3.81. The molecule has 0 fully saturated rings. The van der Waals surface area contributed by atoms with Crippen molar-refractivity contribution in [2.75, 3.05) is 6.54 Å². The van der Waals surface area contributed by atoms with Crippen molar-refractivity contribution >= 4 is 10.9 Å². The van der Waals surface area contributed by atoms with Crippen LogP contribution in [0.3, 0.4) is 0 Å². The van der Waals surface area contributed by atoms with Crippen molar-refractivity contribution < 1.29 is 13.2 Å². The van der Waals surface area contributed by atoms with Gasteiger partial charge in [-0.3, -0.25) is 4.90 Å². The molecule has 5 heteroatoms. The molecule has 0 amide bonds. The van der Waals surface area contributed by atoms with Crippen LogP contribution in [0.1, 0.15) is 18.2 Å². The lowest BCUT2D eigenvalue weighted by Gasteiger charge is -2.33. The highest BCUT2D eigenvalue weighted by Crippen LogP contribution is 2.30. The summed E-state index contributed by atoms with van der Waals surface area (Å²) in [6, 6.07) is 4.67. The van der Waals surface area contributed by atoms with Gasteiger partial charge in [-0.1, -0.05) is 0 Å². The lowest BCUT2D eigenvalue weighted by molar-refractivity contribution is 0.0597. The van der Waals surface area contributed by atoms with Gasteiger partial charge in [-0.05, 0) is 37.1 Å². The molecule has 0 spiro atoms. The second-order valence-corrected chi connectivity index (χ2v) is 5.15. The first-order valence-corrected chi connectivity index (χ1v) is 6.36. The molecule has 0 saturated heterocycles. The third-order valence-electron chi connectivity index (χ3n) is 3.81. The first-order chi connectivity index (χ1) is 9.04. The average Bonchev–Trinajstić information content (AvgIpc) is 2.66. The molecule has 0 radical (unpaired) electrons. The smallest absolute Gasteiger partial charge is 0.251 e. The number of aromatic nitrogens is 1. The van der Waals surface area contributed by atoms with Crippen LogP contribution in [-0.2, 0) is 13.0 Å². The molecule has 102 valence electrons. The Morgan fingerprint density at radius 1 is 1.42 bits per heavy atom. The van der Waals surface area contributed by atoms with Gasteiger partial charge in [0.2, 0.25) is 0 Å². The minimum atomic E-state index is -2.33. The molecule has 1 aromatic carbocycles. The molecule has 1 atom stereocenters. The largest absolute Gasteiger partial charge is 0.357 e. The SMILES string of the molecule is C[C@@H]1Cc2c([nH]c3ccc(F)cc23)CN1CC(F)F. The number of rotatable bonds is 2. The Hall–Kier alpha value is -1.49. The number of nitrogens with one attached hydrogen (secondary N) is 1. The van der Waals surface area contributed by atoms with E-state index in [1.807, 2.05) is 6.92 Å². The van der Waals surface area contributed by atoms with Crippen LogP contribution in [-0.4, -0.2) is 28.9 Å². The molecule has 1 N–H and O–H groups in total. The number of hydrogen-bond donors (Lipinski definition) is 1. The Labute approximate surface area is 109 Å². The molecular weight excluding hydrogens is 253 g/mol. The monoisotopic (exact) mass is 268 g/mol. The fraction of sp³-hybridized carbons (Fsp3) is 0.429. The molecule has 1 aromatic heterocycles. The van der Waals surface area contributed by atoms with E-state index in [0.717, 1.165) is 22.2 Å². The van der Waals surface area contributed by atoms with Crippen molar-refractivity contribution in [2.24, 2.45) is 0 Å². The van der Waals surface area contributed by atoms with Gasteiger partial charge < -0.3 is 4.98 Å². The van der Waals surface area contributed by atoms with E-state index in [1.165, 1.54) is 12.1 Å². The van der Waals surface area contributed by atoms with Crippen molar-refractivity contribution in [1.29, 1.82) is 0 Å². The summed E-state index contributed by atoms with van der Waals surface area (Å²) in [7, 11) is 0. The van der Waals surface area contributed by atoms with Crippen LogP contribution in [0, 0.1) is 5.82 Å². The Balaban J connectivity index is 1.99. The van der Waals surface area contributed by atoms with Crippen molar-refractivity contribution in [3.05, 3.63) is 35.3 Å². The maximum absolute atomic E-state index is 13.3. The summed E-state index contributed by atoms with van der Waals surface area (Å²) in [4.78, 5) is 4.98. The summed E-state index contributed by atoms with van der Waals surface area (Å²) >= 11 is 0. The Morgan fingerprint density at radius 3 is 2.95 bits per heavy atom. The second-order valence-electron chi connectivity index (χ2n) is 5.15. The normalized spacial score (nSPS) is 20.2. The predicted octanol–water partition coefficient (Wildman–Crippen LogP) is 3.32. The molecule has 1 aliphatic rings. The highest BCUT2D eigenvalue weighted by Gasteiger charge is 2.27. The molecule has 2 heterocycles. The van der Waals surface area contributed by atoms with Gasteiger partial charge in [0.15, 0.2) is 0 Å². The molecule has 0 bridgehead atoms. The van der Waals surface area contributed by atoms with Crippen LogP contribution < -0.4 is 0 Å². The minimum Gasteiger partial charge on any atom is -0.357 e. The maximum atomic E-state index is 13.3. The average molecular weight is 268 g/mol. The van der Waals surface area contributed by atoms with E-state index in [1.54, 1.807) is 11.0 Å². The molecular formula is C14H15F3N2. The molecule has 0 saturated carbocycles. The summed E-state index contributed by atoms with van der Waals surface area (Å²) in [5.74, 6) is -0.267. The van der Waals surface area contributed by atoms with E-state index in [2.05, 4.69) is 4.98 Å². The van der Waals surface area contributed by atoms with Gasteiger partial charge in [0.25, 0.3) is 6.43 Å². The first kappa shape index (κ1) is 12.5. The maximum Gasteiger partial charge on any atom is 0.251 e. The van der Waals surface area contributed by atoms with Crippen LogP contribution in [0.4, 0.5) is 13.2 Å². The van der Waals surface area contributed by atoms with E-state index in [9.17, 15) is 13.2 Å². The summed E-state index contributed by atoms with van der Waals surface area (Å²) in [5, 5.41) is 0.874. The van der Waals surface area contributed by atoms with Crippen molar-refractivity contribution in [2.45, 2.75) is 32.4 Å². The predicted molar refractivity (Wildman–Crippen MR) is 67.8 cm³/mol. The third kappa shape index (κ3) is 2.23. The number of benzene rings is 1. The summed E-state index contributed by atoms with van der Waals surface area (Å²) in [5.41, 5.74) is 2.87. The summed E-state index contributed by atoms with van der Waals surface area (Å²) < 4.78 is 38.4. The Bertz CT molecular complexity index is 606. The molecule has 19 heavy (non-hydrogen) atoms. The molecule has 0 aliphatic carbocycles. The van der Waals surface area contributed by atoms with E-state index < -0.39 is 6.43 Å². The lowest BCUT2D eigenvalue weighted by atomic mass is 9.98. The molecule has 2 aromatic rings. The van der Waals surface area contributed by atoms with Crippen molar-refractivity contribution in [3.8, 4) is 0 Å². The van der Waals surface area contributed by atoms with Gasteiger partial charge in [-0.2, -0.15) is 0 Å². The zero-order chi connectivity index (χ0) is 13.6. The van der Waals surface area contributed by atoms with Gasteiger partial charge >= 0.3 is 0 Å². The molecule has 2 nitrogen and oxygen atoms in total. The zero-order valence-corrected chi connectivity index (χ0v) is 10.6. The van der Waals surface area contributed by atoms with Crippen molar-refractivity contribution in [1.82, 2.24) is 9.88 Å². The van der Waals surface area contributed by atoms with Gasteiger partial charge in [0, 0.05) is 29.2 Å². The number of nitrogens with zero attached hydrogens (tertiary/aromatic N) is 1. The number of H-pyrrole nitrogens is 1. The molecule has 1 aliphatic heterocycles. The number of aromatic amines is 1. The van der Waals surface area contributed by atoms with Crippen LogP contribution in [0.2, 0.25) is 0 Å². The van der Waals surface area contributed by atoms with Crippen molar-refractivity contribution in [3.63, 3.8) is 0 Å². The van der Waals surface area contributed by atoms with Gasteiger partial charge in [-0.25, -0.2) is 13.2 Å². The number of hydrogen-bond acceptors (Lipinski definition) is 1. The van der Waals surface area contributed by atoms with Crippen LogP contribution in [0.25, 0.3) is 10.9 Å². The standard InChI is InChI=1S/C14H15F3N2/c1-8-4-10-11-5-9(15)2-3-12(11)18-13(10)6-19(8)7-14(16)17/h2-3,5,8,14,18H,4,6-7H2,1H3/t8-/m1/s1. The number of alkyl halides is 2. The minimum absolute atomic E-state index is 0.0452. The second kappa shape index (κ2) is 4.56. The van der Waals surface area contributed by atoms with Gasteiger partial charge in [0.1, 0.15) is 5.82 Å². The number of halogens is 3. The Kier molecular flexibility index (Phi) is 3.01.